The first-order valence-corrected chi connectivity index (χ1v) is 3.81. The van der Waals surface area contributed by atoms with Crippen LogP contribution in [-0.2, 0) is 12.8 Å². The van der Waals surface area contributed by atoms with Crippen LogP contribution in [0.4, 0.5) is 0 Å². The Morgan fingerprint density at radius 3 is 0.818 bits per heavy atom. The molecule has 0 heterocycles. The van der Waals surface area contributed by atoms with E-state index < -0.39 is 12.8 Å². The molecule has 0 aliphatic heterocycles. The number of nitrogens with zero attached hydrogens (tertiary/aromatic N) is 4. The SMILES string of the molecule is N#[C][Fe-2]([C]#N)([C]#N)[C]#N.[Na+].[Na+]. The molecule has 0 N–H and O–H groups in total. The molecule has 0 radical (unpaired) electrons. The molecule has 0 unspecified atom stereocenters. The van der Waals surface area contributed by atoms with Gasteiger partial charge in [0.25, 0.3) is 0 Å². The summed E-state index contributed by atoms with van der Waals surface area (Å²) < 4.78 is 0. The fraction of sp³-hybridized carbons (Fsp3) is 0. The van der Waals surface area contributed by atoms with E-state index >= 15 is 0 Å². The number of hydrogen-bond donors (Lipinski definition) is 0. The fourth-order valence-electron chi connectivity index (χ4n) is 0.106. The Morgan fingerprint density at radius 2 is 0.818 bits per heavy atom. The van der Waals surface area contributed by atoms with Crippen LogP contribution in [0.3, 0.4) is 0 Å². The summed E-state index contributed by atoms with van der Waals surface area (Å²) in [5.41, 5.74) is 0. The van der Waals surface area contributed by atoms with Crippen LogP contribution < -0.4 is 59.1 Å². The van der Waals surface area contributed by atoms with E-state index in [0.717, 1.165) is 0 Å². The van der Waals surface area contributed by atoms with Gasteiger partial charge >= 0.3 is 113 Å². The summed E-state index contributed by atoms with van der Waals surface area (Å²) in [6.07, 6.45) is 0. The molecular weight excluding hydrogens is 206 g/mol. The van der Waals surface area contributed by atoms with Crippen molar-refractivity contribution < 1.29 is 72.0 Å². The molecular formula is C4FeN4Na2. The average Bonchev–Trinajstić information content (AvgIpc) is 1.95. The molecule has 0 aromatic rings. The van der Waals surface area contributed by atoms with Crippen LogP contribution in [0.2, 0.25) is 0 Å². The summed E-state index contributed by atoms with van der Waals surface area (Å²) in [5.74, 6) is 0. The summed E-state index contributed by atoms with van der Waals surface area (Å²) in [4.78, 5) is 5.62. The second kappa shape index (κ2) is 8.57. The summed E-state index contributed by atoms with van der Waals surface area (Å²) in [6, 6.07) is 0. The maximum Gasteiger partial charge on any atom is 1.00 e. The number of hydrogen-bond acceptors (Lipinski definition) is 4. The summed E-state index contributed by atoms with van der Waals surface area (Å²) in [7, 11) is 0. The molecule has 0 amide bonds. The fourth-order valence-corrected chi connectivity index (χ4v) is 0.437. The number of rotatable bonds is 0. The zero-order valence-corrected chi connectivity index (χ0v) is 11.2. The van der Waals surface area contributed by atoms with Gasteiger partial charge in [0.2, 0.25) is 0 Å². The van der Waals surface area contributed by atoms with Crippen LogP contribution >= 0.6 is 0 Å². The molecule has 0 aromatic carbocycles. The molecule has 0 fully saturated rings. The molecule has 0 saturated heterocycles. The molecule has 0 spiro atoms. The maximum absolute atomic E-state index is 8.11. The van der Waals surface area contributed by atoms with Gasteiger partial charge in [0.05, 0.1) is 0 Å². The largest absolute Gasteiger partial charge is 1.00 e. The van der Waals surface area contributed by atoms with Crippen LogP contribution in [0.15, 0.2) is 0 Å². The van der Waals surface area contributed by atoms with Gasteiger partial charge < -0.3 is 0 Å². The topological polar surface area (TPSA) is 95.2 Å². The quantitative estimate of drug-likeness (QED) is 0.368. The second-order valence-electron chi connectivity index (χ2n) is 0.847. The van der Waals surface area contributed by atoms with E-state index in [1.165, 1.54) is 19.9 Å². The summed E-state index contributed by atoms with van der Waals surface area (Å²) >= 11 is -3.33. The van der Waals surface area contributed by atoms with Crippen LogP contribution in [-0.4, -0.2) is 0 Å². The maximum atomic E-state index is 8.11. The van der Waals surface area contributed by atoms with Crippen molar-refractivity contribution in [2.75, 3.05) is 0 Å². The minimum atomic E-state index is -3.33. The van der Waals surface area contributed by atoms with E-state index in [4.69, 9.17) is 21.0 Å². The molecule has 0 rings (SSSR count). The Kier molecular flexibility index (Phi) is 13.7. The minimum absolute atomic E-state index is 0. The Hall–Kier alpha value is 0.479. The molecule has 0 aromatic heterocycles. The first-order valence-electron chi connectivity index (χ1n) is 1.60. The molecule has 4 nitrogen and oxygen atoms in total. The second-order valence-corrected chi connectivity index (χ2v) is 3.49. The van der Waals surface area contributed by atoms with Crippen LogP contribution in [0, 0.1) is 40.9 Å². The zero-order valence-electron chi connectivity index (χ0n) is 6.14. The van der Waals surface area contributed by atoms with Gasteiger partial charge in [-0.15, -0.1) is 0 Å². The normalized spacial score (nSPS) is 7.64. The van der Waals surface area contributed by atoms with Crippen LogP contribution in [0.25, 0.3) is 0 Å². The van der Waals surface area contributed by atoms with E-state index in [-0.39, 0.29) is 59.1 Å². The zero-order chi connectivity index (χ0) is 7.33. The van der Waals surface area contributed by atoms with Crippen molar-refractivity contribution in [3.8, 4) is 19.9 Å². The smallest absolute Gasteiger partial charge is 1.00 e. The molecule has 46 valence electrons. The molecule has 0 atom stereocenters. The monoisotopic (exact) mass is 206 g/mol. The molecule has 0 bridgehead atoms. The third-order valence-corrected chi connectivity index (χ3v) is 1.96. The van der Waals surface area contributed by atoms with Gasteiger partial charge in [0.1, 0.15) is 0 Å². The van der Waals surface area contributed by atoms with Gasteiger partial charge in [0.15, 0.2) is 0 Å². The Bertz CT molecular complexity index is 213. The van der Waals surface area contributed by atoms with E-state index in [1.54, 1.807) is 0 Å². The Morgan fingerprint density at radius 1 is 0.636 bits per heavy atom. The van der Waals surface area contributed by atoms with Gasteiger partial charge in [-0.25, -0.2) is 0 Å². The Labute approximate surface area is 111 Å². The average molecular weight is 206 g/mol. The third kappa shape index (κ3) is 4.84. The van der Waals surface area contributed by atoms with Crippen molar-refractivity contribution in [1.29, 1.82) is 21.0 Å². The van der Waals surface area contributed by atoms with Crippen LogP contribution in [0.5, 0.6) is 0 Å². The summed E-state index contributed by atoms with van der Waals surface area (Å²) in [5, 5.41) is 32.5. The molecule has 0 aliphatic carbocycles. The van der Waals surface area contributed by atoms with Crippen molar-refractivity contribution in [2.24, 2.45) is 0 Å². The van der Waals surface area contributed by atoms with Crippen molar-refractivity contribution in [1.82, 2.24) is 0 Å². The van der Waals surface area contributed by atoms with Crippen molar-refractivity contribution >= 4 is 0 Å². The third-order valence-electron chi connectivity index (χ3n) is 0.474. The summed E-state index contributed by atoms with van der Waals surface area (Å²) in [6.45, 7) is 0. The van der Waals surface area contributed by atoms with Gasteiger partial charge in [0, 0.05) is 0 Å². The van der Waals surface area contributed by atoms with Gasteiger partial charge in [-0.1, -0.05) is 0 Å². The predicted molar refractivity (Wildman–Crippen MR) is 22.5 cm³/mol. The van der Waals surface area contributed by atoms with Crippen LogP contribution in [0.1, 0.15) is 0 Å². The molecule has 0 aliphatic rings. The Balaban J connectivity index is -0.000000320. The van der Waals surface area contributed by atoms with Crippen molar-refractivity contribution in [3.63, 3.8) is 0 Å². The van der Waals surface area contributed by atoms with E-state index in [1.807, 2.05) is 0 Å². The standard InChI is InChI=1S/4CN.Fe.2Na/c4*1-2;;;/q;;;;-2;2*+1. The molecule has 0 saturated carbocycles. The minimum Gasteiger partial charge on any atom is 1.00 e. The molecule has 7 heteroatoms. The van der Waals surface area contributed by atoms with E-state index in [9.17, 15) is 0 Å². The van der Waals surface area contributed by atoms with E-state index in [0.29, 0.717) is 0 Å². The number of nitriles is 4. The van der Waals surface area contributed by atoms with Crippen molar-refractivity contribution in [2.45, 2.75) is 0 Å². The van der Waals surface area contributed by atoms with Gasteiger partial charge in [-0.2, -0.15) is 0 Å². The predicted octanol–water partition coefficient (Wildman–Crippen LogP) is -5.93. The van der Waals surface area contributed by atoms with Gasteiger partial charge in [-0.3, -0.25) is 0 Å². The first kappa shape index (κ1) is 17.5. The van der Waals surface area contributed by atoms with E-state index in [2.05, 4.69) is 0 Å². The van der Waals surface area contributed by atoms with Crippen molar-refractivity contribution in [3.05, 3.63) is 0 Å². The van der Waals surface area contributed by atoms with Gasteiger partial charge in [-0.05, 0) is 0 Å². The first-order chi connectivity index (χ1) is 4.24. The molecule has 11 heavy (non-hydrogen) atoms.